The lowest BCUT2D eigenvalue weighted by Crippen LogP contribution is -2.45. The topological polar surface area (TPSA) is 97.2 Å². The summed E-state index contributed by atoms with van der Waals surface area (Å²) in [5, 5.41) is 30.1. The number of para-hydroxylation sites is 1. The molecule has 4 N–H and O–H groups in total. The summed E-state index contributed by atoms with van der Waals surface area (Å²) in [7, 11) is 0. The molecule has 3 aromatic carbocycles. The molecule has 0 radical (unpaired) electrons. The van der Waals surface area contributed by atoms with Gasteiger partial charge in [-0.05, 0) is 48.6 Å². The van der Waals surface area contributed by atoms with Crippen LogP contribution in [0.2, 0.25) is 0 Å². The van der Waals surface area contributed by atoms with Crippen LogP contribution in [-0.4, -0.2) is 30.2 Å². The lowest BCUT2D eigenvalue weighted by atomic mass is 9.83. The smallest absolute Gasteiger partial charge is 0.313 e. The number of carboxylic acid groups (broad SMARTS) is 1. The highest BCUT2D eigenvalue weighted by Gasteiger charge is 2.31. The van der Waals surface area contributed by atoms with Crippen molar-refractivity contribution in [2.45, 2.75) is 44.2 Å². The summed E-state index contributed by atoms with van der Waals surface area (Å²) in [5.41, 5.74) is 4.52. The fourth-order valence-electron chi connectivity index (χ4n) is 4.54. The number of hydrogen-bond acceptors (Lipinski definition) is 5. The summed E-state index contributed by atoms with van der Waals surface area (Å²) in [4.78, 5) is 11.7. The maximum absolute atomic E-state index is 11.7. The molecule has 0 saturated carbocycles. The summed E-state index contributed by atoms with van der Waals surface area (Å²) < 4.78 is 0. The quantitative estimate of drug-likeness (QED) is 0.360. The van der Waals surface area contributed by atoms with E-state index in [4.69, 9.17) is 0 Å². The number of fused-ring (bicyclic) bond motifs is 1. The molecule has 180 valence electrons. The first-order valence-corrected chi connectivity index (χ1v) is 12.0. The predicted octanol–water partition coefficient (Wildman–Crippen LogP) is 5.26. The number of nitriles is 1. The average Bonchev–Trinajstić information content (AvgIpc) is 2.88. The highest BCUT2D eigenvalue weighted by molar-refractivity contribution is 5.80. The predicted molar refractivity (Wildman–Crippen MR) is 140 cm³/mol. The molecule has 0 fully saturated rings. The third-order valence-corrected chi connectivity index (χ3v) is 6.94. The van der Waals surface area contributed by atoms with Gasteiger partial charge in [0.1, 0.15) is 6.07 Å². The van der Waals surface area contributed by atoms with Crippen LogP contribution >= 0.6 is 0 Å². The van der Waals surface area contributed by atoms with E-state index in [0.29, 0.717) is 18.7 Å². The Balaban J connectivity index is 1.55. The second-order valence-corrected chi connectivity index (χ2v) is 9.72. The summed E-state index contributed by atoms with van der Waals surface area (Å²) in [6, 6.07) is 26.2. The molecule has 1 heterocycles. The Hall–Kier alpha value is -3.82. The van der Waals surface area contributed by atoms with Gasteiger partial charge in [0.2, 0.25) is 0 Å². The number of carbonyl (C=O) groups is 1. The van der Waals surface area contributed by atoms with E-state index in [1.54, 1.807) is 13.8 Å². The first kappa shape index (κ1) is 24.3. The van der Waals surface area contributed by atoms with Crippen molar-refractivity contribution < 1.29 is 9.90 Å². The molecule has 0 aliphatic carbocycles. The molecule has 0 bridgehead atoms. The van der Waals surface area contributed by atoms with Gasteiger partial charge in [0.15, 0.2) is 0 Å². The summed E-state index contributed by atoms with van der Waals surface area (Å²) in [6.07, 6.45) is 0. The second kappa shape index (κ2) is 10.2. The highest BCUT2D eigenvalue weighted by atomic mass is 16.4. The zero-order valence-corrected chi connectivity index (χ0v) is 20.4. The van der Waals surface area contributed by atoms with Crippen molar-refractivity contribution in [3.8, 4) is 6.07 Å². The van der Waals surface area contributed by atoms with Crippen LogP contribution in [0, 0.1) is 11.3 Å². The van der Waals surface area contributed by atoms with Gasteiger partial charge in [0.05, 0.1) is 34.4 Å². The lowest BCUT2D eigenvalue weighted by Gasteiger charge is -2.36. The van der Waals surface area contributed by atoms with Crippen LogP contribution in [0.4, 0.5) is 11.4 Å². The molecule has 3 aromatic rings. The monoisotopic (exact) mass is 468 g/mol. The van der Waals surface area contributed by atoms with Gasteiger partial charge in [-0.1, -0.05) is 67.6 Å². The molecule has 6 heteroatoms. The minimum absolute atomic E-state index is 0.00434. The molecule has 0 amide bonds. The number of rotatable bonds is 8. The number of benzene rings is 3. The van der Waals surface area contributed by atoms with Crippen molar-refractivity contribution >= 4 is 17.3 Å². The Bertz CT molecular complexity index is 1230. The minimum Gasteiger partial charge on any atom is -0.481 e. The standard InChI is InChI=1S/C29H32N4O2/c1-19(21-11-7-13-23(15-21)29(2,3)28(34)35)17-32-26(20-9-5-4-6-10-20)25-18-31-24-14-8-12-22(16-30)27(24)33-25/h4-15,19,25-26,31-33H,17-18H2,1-3H3,(H,34,35)/t19-,25-,26-/m1/s1. The SMILES string of the molecule is C[C@H](CN[C@H](c1ccccc1)[C@H]1CNc2cccc(C#N)c2N1)c1cccc(C(C)(C)C(=O)O)c1. The molecular weight excluding hydrogens is 436 g/mol. The number of hydrogen-bond donors (Lipinski definition) is 4. The van der Waals surface area contributed by atoms with Crippen molar-refractivity contribution in [1.29, 1.82) is 5.26 Å². The first-order chi connectivity index (χ1) is 16.8. The van der Waals surface area contributed by atoms with Crippen LogP contribution < -0.4 is 16.0 Å². The number of nitrogens with zero attached hydrogens (tertiary/aromatic N) is 1. The molecule has 4 rings (SSSR count). The third-order valence-electron chi connectivity index (χ3n) is 6.94. The fourth-order valence-corrected chi connectivity index (χ4v) is 4.54. The van der Waals surface area contributed by atoms with Crippen LogP contribution in [0.3, 0.4) is 0 Å². The molecule has 0 aromatic heterocycles. The van der Waals surface area contributed by atoms with Crippen molar-refractivity contribution in [2.24, 2.45) is 0 Å². The van der Waals surface area contributed by atoms with E-state index in [2.05, 4.69) is 47.1 Å². The number of aliphatic carboxylic acids is 1. The van der Waals surface area contributed by atoms with Crippen LogP contribution in [0.15, 0.2) is 72.8 Å². The summed E-state index contributed by atoms with van der Waals surface area (Å²) in [6.45, 7) is 7.04. The maximum atomic E-state index is 11.7. The van der Waals surface area contributed by atoms with E-state index >= 15 is 0 Å². The van der Waals surface area contributed by atoms with Crippen LogP contribution in [0.1, 0.15) is 55.0 Å². The van der Waals surface area contributed by atoms with Gasteiger partial charge in [0.25, 0.3) is 0 Å². The first-order valence-electron chi connectivity index (χ1n) is 12.0. The van der Waals surface area contributed by atoms with Crippen molar-refractivity contribution in [1.82, 2.24) is 5.32 Å². The van der Waals surface area contributed by atoms with Crippen LogP contribution in [0.25, 0.3) is 0 Å². The van der Waals surface area contributed by atoms with Gasteiger partial charge in [-0.25, -0.2) is 0 Å². The molecule has 3 atom stereocenters. The Morgan fingerprint density at radius 3 is 2.54 bits per heavy atom. The van der Waals surface area contributed by atoms with Crippen molar-refractivity contribution in [3.05, 3.63) is 95.1 Å². The van der Waals surface area contributed by atoms with E-state index in [0.717, 1.165) is 28.1 Å². The van der Waals surface area contributed by atoms with E-state index in [1.807, 2.05) is 54.6 Å². The molecule has 35 heavy (non-hydrogen) atoms. The van der Waals surface area contributed by atoms with Gasteiger partial charge < -0.3 is 21.1 Å². The van der Waals surface area contributed by atoms with E-state index in [-0.39, 0.29) is 18.0 Å². The van der Waals surface area contributed by atoms with Gasteiger partial charge in [-0.3, -0.25) is 4.79 Å². The van der Waals surface area contributed by atoms with Gasteiger partial charge in [-0.2, -0.15) is 5.26 Å². The van der Waals surface area contributed by atoms with Gasteiger partial charge in [0, 0.05) is 13.1 Å². The van der Waals surface area contributed by atoms with E-state index < -0.39 is 11.4 Å². The number of nitrogens with one attached hydrogen (secondary N) is 3. The van der Waals surface area contributed by atoms with Gasteiger partial charge >= 0.3 is 5.97 Å². The van der Waals surface area contributed by atoms with Crippen LogP contribution in [-0.2, 0) is 10.2 Å². The van der Waals surface area contributed by atoms with Crippen molar-refractivity contribution in [2.75, 3.05) is 23.7 Å². The Labute approximate surface area is 207 Å². The number of anilines is 2. The Morgan fingerprint density at radius 1 is 1.11 bits per heavy atom. The maximum Gasteiger partial charge on any atom is 0.313 e. The average molecular weight is 469 g/mol. The fraction of sp³-hybridized carbons (Fsp3) is 0.310. The molecule has 1 aliphatic heterocycles. The zero-order valence-electron chi connectivity index (χ0n) is 20.4. The normalized spacial score (nSPS) is 16.7. The van der Waals surface area contributed by atoms with Crippen LogP contribution in [0.5, 0.6) is 0 Å². The Kier molecular flexibility index (Phi) is 7.09. The molecule has 0 spiro atoms. The molecule has 0 saturated heterocycles. The molecule has 0 unspecified atom stereocenters. The second-order valence-electron chi connectivity index (χ2n) is 9.72. The largest absolute Gasteiger partial charge is 0.481 e. The lowest BCUT2D eigenvalue weighted by molar-refractivity contribution is -0.142. The minimum atomic E-state index is -0.945. The van der Waals surface area contributed by atoms with Gasteiger partial charge in [-0.15, -0.1) is 0 Å². The van der Waals surface area contributed by atoms with Crippen molar-refractivity contribution in [3.63, 3.8) is 0 Å². The summed E-state index contributed by atoms with van der Waals surface area (Å²) in [5.74, 6) is -0.665. The zero-order chi connectivity index (χ0) is 25.0. The summed E-state index contributed by atoms with van der Waals surface area (Å²) >= 11 is 0. The number of carboxylic acids is 1. The molecule has 6 nitrogen and oxygen atoms in total. The van der Waals surface area contributed by atoms with E-state index in [9.17, 15) is 15.2 Å². The Morgan fingerprint density at radius 2 is 1.83 bits per heavy atom. The molecular formula is C29H32N4O2. The molecule has 1 aliphatic rings. The third kappa shape index (κ3) is 5.16. The highest BCUT2D eigenvalue weighted by Crippen LogP contribution is 2.33. The van der Waals surface area contributed by atoms with E-state index in [1.165, 1.54) is 0 Å².